The lowest BCUT2D eigenvalue weighted by Crippen LogP contribution is -2.58. The van der Waals surface area contributed by atoms with Gasteiger partial charge in [0.15, 0.2) is 15.8 Å². The number of likely N-dealkylation sites (tertiary alicyclic amines) is 1. The second-order valence-electron chi connectivity index (χ2n) is 9.22. The molecule has 0 aromatic carbocycles. The van der Waals surface area contributed by atoms with Crippen LogP contribution in [0.4, 0.5) is 0 Å². The first-order valence-electron chi connectivity index (χ1n) is 10.7. The first-order valence-corrected chi connectivity index (χ1v) is 12.4. The monoisotopic (exact) mass is 526 g/mol. The molecule has 28 heavy (non-hydrogen) atoms. The van der Waals surface area contributed by atoms with Crippen LogP contribution in [0.2, 0.25) is 0 Å². The Morgan fingerprint density at radius 2 is 1.82 bits per heavy atom. The average Bonchev–Trinajstić information content (AvgIpc) is 3.06. The molecule has 3 aliphatic rings. The van der Waals surface area contributed by atoms with Gasteiger partial charge in [0.2, 0.25) is 0 Å². The molecule has 8 heteroatoms. The second kappa shape index (κ2) is 10.3. The molecule has 3 fully saturated rings. The smallest absolute Gasteiger partial charge is 0.193 e. The van der Waals surface area contributed by atoms with Gasteiger partial charge in [-0.3, -0.25) is 9.89 Å². The summed E-state index contributed by atoms with van der Waals surface area (Å²) in [4.78, 5) is 9.24. The molecule has 2 aliphatic heterocycles. The summed E-state index contributed by atoms with van der Waals surface area (Å²) in [5.74, 6) is 1.94. The Morgan fingerprint density at radius 3 is 2.46 bits per heavy atom. The minimum Gasteiger partial charge on any atom is -0.355 e. The van der Waals surface area contributed by atoms with E-state index in [1.54, 1.807) is 7.05 Å². The molecule has 0 aromatic rings. The fraction of sp³-hybridized carbons (Fsp3) is 0.950. The number of hydrogen-bond acceptors (Lipinski definition) is 4. The van der Waals surface area contributed by atoms with Gasteiger partial charge in [0.25, 0.3) is 0 Å². The number of guanidine groups is 1. The van der Waals surface area contributed by atoms with Crippen molar-refractivity contribution in [1.29, 1.82) is 0 Å². The average molecular weight is 527 g/mol. The highest BCUT2D eigenvalue weighted by atomic mass is 127. The molecule has 1 aliphatic carbocycles. The maximum Gasteiger partial charge on any atom is 0.193 e. The molecule has 1 atom stereocenters. The summed E-state index contributed by atoms with van der Waals surface area (Å²) in [5.41, 5.74) is 0. The van der Waals surface area contributed by atoms with Crippen molar-refractivity contribution in [2.75, 3.05) is 45.5 Å². The Labute approximate surface area is 188 Å². The Kier molecular flexibility index (Phi) is 8.88. The zero-order chi connectivity index (χ0) is 19.5. The number of sulfone groups is 1. The molecule has 0 radical (unpaired) electrons. The van der Waals surface area contributed by atoms with Gasteiger partial charge in [-0.1, -0.05) is 19.3 Å². The van der Waals surface area contributed by atoms with Crippen LogP contribution in [0, 0.1) is 5.92 Å². The number of halogens is 1. The maximum atomic E-state index is 12.3. The van der Waals surface area contributed by atoms with Crippen molar-refractivity contribution in [1.82, 2.24) is 15.1 Å². The zero-order valence-corrected chi connectivity index (χ0v) is 21.0. The van der Waals surface area contributed by atoms with Crippen molar-refractivity contribution in [3.05, 3.63) is 0 Å². The van der Waals surface area contributed by atoms with Crippen LogP contribution < -0.4 is 5.32 Å². The normalized spacial score (nSPS) is 28.8. The van der Waals surface area contributed by atoms with Gasteiger partial charge in [-0.05, 0) is 52.0 Å². The minimum atomic E-state index is -3.02. The summed E-state index contributed by atoms with van der Waals surface area (Å²) in [7, 11) is -1.23. The first-order chi connectivity index (χ1) is 12.8. The van der Waals surface area contributed by atoms with Crippen molar-refractivity contribution in [3.63, 3.8) is 0 Å². The van der Waals surface area contributed by atoms with Crippen LogP contribution >= 0.6 is 24.0 Å². The van der Waals surface area contributed by atoms with E-state index in [-0.39, 0.29) is 29.7 Å². The lowest BCUT2D eigenvalue weighted by molar-refractivity contribution is 0.187. The summed E-state index contributed by atoms with van der Waals surface area (Å²) in [6.45, 7) is 8.06. The molecule has 3 rings (SSSR count). The fourth-order valence-corrected chi connectivity index (χ4v) is 6.30. The van der Waals surface area contributed by atoms with Gasteiger partial charge in [-0.25, -0.2) is 8.42 Å². The van der Waals surface area contributed by atoms with E-state index in [9.17, 15) is 8.42 Å². The largest absolute Gasteiger partial charge is 0.355 e. The molecule has 2 saturated heterocycles. The van der Waals surface area contributed by atoms with Crippen molar-refractivity contribution in [2.24, 2.45) is 10.9 Å². The Morgan fingerprint density at radius 1 is 1.11 bits per heavy atom. The molecular weight excluding hydrogens is 487 g/mol. The molecule has 0 spiro atoms. The van der Waals surface area contributed by atoms with Gasteiger partial charge in [0.1, 0.15) is 0 Å². The topological polar surface area (TPSA) is 65.0 Å². The van der Waals surface area contributed by atoms with Gasteiger partial charge in [-0.2, -0.15) is 0 Å². The van der Waals surface area contributed by atoms with Gasteiger partial charge < -0.3 is 10.2 Å². The Hall–Kier alpha value is -0.0900. The van der Waals surface area contributed by atoms with Crippen LogP contribution in [0.1, 0.15) is 58.8 Å². The highest BCUT2D eigenvalue weighted by molar-refractivity contribution is 14.0. The van der Waals surface area contributed by atoms with Gasteiger partial charge >= 0.3 is 0 Å². The van der Waals surface area contributed by atoms with Crippen LogP contribution in [0.15, 0.2) is 4.99 Å². The van der Waals surface area contributed by atoms with Crippen molar-refractivity contribution >= 4 is 39.8 Å². The zero-order valence-electron chi connectivity index (χ0n) is 17.8. The SMILES string of the molecule is CN=C(NCC1CCCN1CC1CCCCC1)N1CCS(=O)(=O)C(C)(C)C1.I. The van der Waals surface area contributed by atoms with Crippen molar-refractivity contribution < 1.29 is 8.42 Å². The van der Waals surface area contributed by atoms with Gasteiger partial charge in [-0.15, -0.1) is 24.0 Å². The van der Waals surface area contributed by atoms with Crippen LogP contribution in [0.5, 0.6) is 0 Å². The second-order valence-corrected chi connectivity index (χ2v) is 12.0. The highest BCUT2D eigenvalue weighted by Gasteiger charge is 2.41. The van der Waals surface area contributed by atoms with E-state index in [2.05, 4.69) is 20.1 Å². The van der Waals surface area contributed by atoms with Gasteiger partial charge in [0.05, 0.1) is 10.5 Å². The summed E-state index contributed by atoms with van der Waals surface area (Å²) < 4.78 is 23.8. The summed E-state index contributed by atoms with van der Waals surface area (Å²) in [6.07, 6.45) is 9.55. The minimum absolute atomic E-state index is 0. The Balaban J connectivity index is 0.00000280. The lowest BCUT2D eigenvalue weighted by Gasteiger charge is -2.39. The molecule has 1 saturated carbocycles. The molecule has 0 bridgehead atoms. The lowest BCUT2D eigenvalue weighted by atomic mass is 9.89. The standard InChI is InChI=1S/C20H38N4O2S.HI/c1-20(2)16-24(12-13-27(20,25)26)19(21-3)22-14-18-10-7-11-23(18)15-17-8-5-4-6-9-17;/h17-18H,4-16H2,1-3H3,(H,21,22);1H. The Bertz CT molecular complexity index is 632. The molecular formula is C20H39IN4O2S. The molecule has 1 unspecified atom stereocenters. The van der Waals surface area contributed by atoms with Crippen LogP contribution in [-0.4, -0.2) is 80.5 Å². The first kappa shape index (κ1) is 24.2. The van der Waals surface area contributed by atoms with Crippen molar-refractivity contribution in [2.45, 2.75) is 69.6 Å². The predicted molar refractivity (Wildman–Crippen MR) is 127 cm³/mol. The summed E-state index contributed by atoms with van der Waals surface area (Å²) in [5, 5.41) is 3.55. The summed E-state index contributed by atoms with van der Waals surface area (Å²) >= 11 is 0. The van der Waals surface area contributed by atoms with E-state index >= 15 is 0 Å². The third kappa shape index (κ3) is 5.74. The van der Waals surface area contributed by atoms with Crippen LogP contribution in [0.25, 0.3) is 0 Å². The van der Waals surface area contributed by atoms with Crippen molar-refractivity contribution in [3.8, 4) is 0 Å². The number of hydrogen-bond donors (Lipinski definition) is 1. The third-order valence-electron chi connectivity index (χ3n) is 6.77. The molecule has 164 valence electrons. The quantitative estimate of drug-likeness (QED) is 0.347. The van der Waals surface area contributed by atoms with E-state index in [4.69, 9.17) is 0 Å². The van der Waals surface area contributed by atoms with Crippen LogP contribution in [0.3, 0.4) is 0 Å². The van der Waals surface area contributed by atoms with E-state index in [0.29, 0.717) is 19.1 Å². The van der Waals surface area contributed by atoms with E-state index in [1.165, 1.54) is 58.0 Å². The van der Waals surface area contributed by atoms with Gasteiger partial charge in [0, 0.05) is 39.3 Å². The predicted octanol–water partition coefficient (Wildman–Crippen LogP) is 2.73. The molecule has 1 N–H and O–H groups in total. The molecule has 0 aromatic heterocycles. The van der Waals surface area contributed by atoms with E-state index in [1.807, 2.05) is 13.8 Å². The molecule has 2 heterocycles. The third-order valence-corrected chi connectivity index (χ3v) is 9.30. The highest BCUT2D eigenvalue weighted by Crippen LogP contribution is 2.28. The van der Waals surface area contributed by atoms with E-state index in [0.717, 1.165) is 18.4 Å². The number of nitrogens with one attached hydrogen (secondary N) is 1. The number of rotatable bonds is 4. The van der Waals surface area contributed by atoms with Crippen LogP contribution in [-0.2, 0) is 9.84 Å². The fourth-order valence-electron chi connectivity index (χ4n) is 4.93. The summed E-state index contributed by atoms with van der Waals surface area (Å²) in [6, 6.07) is 0.574. The number of aliphatic imine (C=N–C) groups is 1. The molecule has 6 nitrogen and oxygen atoms in total. The maximum absolute atomic E-state index is 12.3. The molecule has 0 amide bonds. The van der Waals surface area contributed by atoms with E-state index < -0.39 is 14.6 Å². The number of nitrogens with zero attached hydrogens (tertiary/aromatic N) is 3.